The third-order valence-corrected chi connectivity index (χ3v) is 2.82. The van der Waals surface area contributed by atoms with Crippen molar-refractivity contribution in [1.29, 1.82) is 0 Å². The second-order valence-corrected chi connectivity index (χ2v) is 6.78. The molecule has 0 fully saturated rings. The first-order valence-electron chi connectivity index (χ1n) is 3.91. The number of hydrogen-bond acceptors (Lipinski definition) is 1. The minimum absolute atomic E-state index is 0.151. The van der Waals surface area contributed by atoms with Crippen molar-refractivity contribution >= 4 is 37.6 Å². The Hall–Kier alpha value is 0.630. The van der Waals surface area contributed by atoms with Gasteiger partial charge in [0, 0.05) is 12.8 Å². The molecule has 0 N–H and O–H groups in total. The average Bonchev–Trinajstić information content (AvgIpc) is 1.86. The Morgan fingerprint density at radius 2 is 1.91 bits per heavy atom. The van der Waals surface area contributed by atoms with Gasteiger partial charge in [-0.3, -0.25) is 4.79 Å². The van der Waals surface area contributed by atoms with Crippen LogP contribution in [0, 0.1) is 0 Å². The molecule has 0 radical (unpaired) electrons. The van der Waals surface area contributed by atoms with Gasteiger partial charge in [-0.1, -0.05) is 52.1 Å². The molecule has 0 bridgehead atoms. The monoisotopic (exact) mass is 284 g/mol. The number of ketones is 1. The van der Waals surface area contributed by atoms with Crippen LogP contribution in [0.4, 0.5) is 0 Å². The van der Waals surface area contributed by atoms with Gasteiger partial charge in [0.15, 0.2) is 0 Å². The molecular formula is C8H14Br2O. The highest BCUT2D eigenvalue weighted by Crippen LogP contribution is 2.35. The zero-order chi connectivity index (χ0) is 8.91. The zero-order valence-corrected chi connectivity index (χ0v) is 10.2. The summed E-state index contributed by atoms with van der Waals surface area (Å²) >= 11 is 6.96. The van der Waals surface area contributed by atoms with E-state index in [2.05, 4.69) is 38.8 Å². The molecule has 0 aromatic carbocycles. The Morgan fingerprint density at radius 3 is 2.27 bits per heavy atom. The highest BCUT2D eigenvalue weighted by Gasteiger charge is 2.23. The molecule has 0 saturated heterocycles. The number of Topliss-reactive ketones (excluding diaryl/α,β-unsaturated/α-hetero) is 1. The molecule has 0 aliphatic heterocycles. The van der Waals surface area contributed by atoms with Crippen molar-refractivity contribution in [3.05, 3.63) is 0 Å². The fourth-order valence-electron chi connectivity index (χ4n) is 0.868. The fourth-order valence-corrected chi connectivity index (χ4v) is 2.29. The van der Waals surface area contributed by atoms with E-state index >= 15 is 0 Å². The average molecular weight is 286 g/mol. The van der Waals surface area contributed by atoms with E-state index in [1.165, 1.54) is 0 Å². The minimum Gasteiger partial charge on any atom is -0.300 e. The smallest absolute Gasteiger partial charge is 0.134 e. The number of carbonyl (C=O) groups is 1. The third kappa shape index (κ3) is 5.85. The van der Waals surface area contributed by atoms with Gasteiger partial charge in [0.05, 0.1) is 3.23 Å². The van der Waals surface area contributed by atoms with Crippen molar-refractivity contribution in [3.8, 4) is 0 Å². The summed E-state index contributed by atoms with van der Waals surface area (Å²) in [5.41, 5.74) is 0. The van der Waals surface area contributed by atoms with Crippen LogP contribution in [-0.4, -0.2) is 9.02 Å². The molecule has 66 valence electrons. The molecule has 0 aromatic heterocycles. The topological polar surface area (TPSA) is 17.1 Å². The van der Waals surface area contributed by atoms with Crippen molar-refractivity contribution < 1.29 is 4.79 Å². The van der Waals surface area contributed by atoms with Crippen molar-refractivity contribution in [2.24, 2.45) is 0 Å². The zero-order valence-electron chi connectivity index (χ0n) is 6.99. The van der Waals surface area contributed by atoms with Crippen LogP contribution in [0.25, 0.3) is 0 Å². The Bertz CT molecular complexity index is 132. The van der Waals surface area contributed by atoms with Gasteiger partial charge >= 0.3 is 0 Å². The molecule has 1 nitrogen and oxygen atoms in total. The molecule has 0 spiro atoms. The number of alkyl halides is 2. The normalized spacial score (nSPS) is 11.6. The van der Waals surface area contributed by atoms with Crippen LogP contribution < -0.4 is 0 Å². The molecule has 3 heteroatoms. The van der Waals surface area contributed by atoms with Crippen molar-refractivity contribution in [3.63, 3.8) is 0 Å². The van der Waals surface area contributed by atoms with Crippen molar-refractivity contribution in [2.75, 3.05) is 0 Å². The predicted octanol–water partition coefficient (Wildman–Crippen LogP) is 3.64. The maximum absolute atomic E-state index is 11.0. The highest BCUT2D eigenvalue weighted by molar-refractivity contribution is 9.25. The molecule has 0 aliphatic rings. The molecule has 0 heterocycles. The van der Waals surface area contributed by atoms with Crippen molar-refractivity contribution in [2.45, 2.75) is 42.8 Å². The van der Waals surface area contributed by atoms with Crippen molar-refractivity contribution in [1.82, 2.24) is 0 Å². The second-order valence-electron chi connectivity index (χ2n) is 2.67. The Morgan fingerprint density at radius 1 is 1.36 bits per heavy atom. The first-order chi connectivity index (χ1) is 5.02. The maximum atomic E-state index is 11.0. The van der Waals surface area contributed by atoms with E-state index < -0.39 is 0 Å². The lowest BCUT2D eigenvalue weighted by Crippen LogP contribution is -2.16. The van der Waals surface area contributed by atoms with Crippen LogP contribution in [0.3, 0.4) is 0 Å². The predicted molar refractivity (Wildman–Crippen MR) is 55.4 cm³/mol. The largest absolute Gasteiger partial charge is 0.300 e. The molecule has 0 aromatic rings. The maximum Gasteiger partial charge on any atom is 0.134 e. The standard InChI is InChI=1S/C8H14Br2O/c1-3-5-8(9,10)6-7(11)4-2/h3-6H2,1-2H3. The summed E-state index contributed by atoms with van der Waals surface area (Å²) in [5, 5.41) is 0. The van der Waals surface area contributed by atoms with Crippen LogP contribution in [0.1, 0.15) is 39.5 Å². The Balaban J connectivity index is 3.80. The summed E-state index contributed by atoms with van der Waals surface area (Å²) in [5.74, 6) is 0.298. The number of halogens is 2. The molecule has 0 aliphatic carbocycles. The first kappa shape index (κ1) is 11.6. The van der Waals surface area contributed by atoms with E-state index in [0.29, 0.717) is 18.6 Å². The van der Waals surface area contributed by atoms with E-state index in [4.69, 9.17) is 0 Å². The highest BCUT2D eigenvalue weighted by atomic mass is 79.9. The SMILES string of the molecule is CCCC(Br)(Br)CC(=O)CC. The summed E-state index contributed by atoms with van der Waals surface area (Å²) in [6.07, 6.45) is 3.27. The van der Waals surface area contributed by atoms with E-state index in [1.54, 1.807) is 0 Å². The second kappa shape index (κ2) is 5.31. The van der Waals surface area contributed by atoms with Gasteiger partial charge in [0.1, 0.15) is 5.78 Å². The van der Waals surface area contributed by atoms with E-state index in [9.17, 15) is 4.79 Å². The summed E-state index contributed by atoms with van der Waals surface area (Å²) < 4.78 is -0.151. The molecule has 0 unspecified atom stereocenters. The van der Waals surface area contributed by atoms with Gasteiger partial charge < -0.3 is 0 Å². The molecular weight excluding hydrogens is 272 g/mol. The molecule has 0 saturated carbocycles. The van der Waals surface area contributed by atoms with E-state index in [0.717, 1.165) is 12.8 Å². The van der Waals surface area contributed by atoms with Gasteiger partial charge in [-0.2, -0.15) is 0 Å². The number of rotatable bonds is 5. The Labute approximate surface area is 85.2 Å². The first-order valence-corrected chi connectivity index (χ1v) is 5.50. The van der Waals surface area contributed by atoms with Crippen LogP contribution in [0.15, 0.2) is 0 Å². The molecule has 0 atom stereocenters. The lowest BCUT2D eigenvalue weighted by atomic mass is 10.1. The Kier molecular flexibility index (Phi) is 5.61. The van der Waals surface area contributed by atoms with Gasteiger partial charge in [-0.15, -0.1) is 0 Å². The van der Waals surface area contributed by atoms with Crippen LogP contribution in [0.2, 0.25) is 0 Å². The quantitative estimate of drug-likeness (QED) is 0.705. The summed E-state index contributed by atoms with van der Waals surface area (Å²) in [4.78, 5) is 11.0. The molecule has 11 heavy (non-hydrogen) atoms. The minimum atomic E-state index is -0.151. The summed E-state index contributed by atoms with van der Waals surface area (Å²) in [7, 11) is 0. The van der Waals surface area contributed by atoms with E-state index in [-0.39, 0.29) is 3.23 Å². The van der Waals surface area contributed by atoms with E-state index in [1.807, 2.05) is 6.92 Å². The fraction of sp³-hybridized carbons (Fsp3) is 0.875. The number of hydrogen-bond donors (Lipinski definition) is 0. The number of carbonyl (C=O) groups excluding carboxylic acids is 1. The van der Waals surface area contributed by atoms with Gasteiger partial charge in [-0.05, 0) is 6.42 Å². The molecule has 0 rings (SSSR count). The van der Waals surface area contributed by atoms with Crippen LogP contribution >= 0.6 is 31.9 Å². The van der Waals surface area contributed by atoms with Gasteiger partial charge in [0.25, 0.3) is 0 Å². The summed E-state index contributed by atoms with van der Waals surface area (Å²) in [6.45, 7) is 4.00. The third-order valence-electron chi connectivity index (χ3n) is 1.47. The van der Waals surface area contributed by atoms with Gasteiger partial charge in [0.2, 0.25) is 0 Å². The lowest BCUT2D eigenvalue weighted by Gasteiger charge is -2.17. The van der Waals surface area contributed by atoms with Crippen LogP contribution in [-0.2, 0) is 4.79 Å². The van der Waals surface area contributed by atoms with Crippen LogP contribution in [0.5, 0.6) is 0 Å². The lowest BCUT2D eigenvalue weighted by molar-refractivity contribution is -0.118. The summed E-state index contributed by atoms with van der Waals surface area (Å²) in [6, 6.07) is 0. The van der Waals surface area contributed by atoms with Gasteiger partial charge in [-0.25, -0.2) is 0 Å². The molecule has 0 amide bonds.